The molecule has 1 unspecified atom stereocenters. The van der Waals surface area contributed by atoms with Gasteiger partial charge in [0.1, 0.15) is 0 Å². The van der Waals surface area contributed by atoms with Crippen molar-refractivity contribution in [3.05, 3.63) is 77.9 Å². The van der Waals surface area contributed by atoms with Crippen molar-refractivity contribution in [1.29, 1.82) is 0 Å². The molecule has 168 valence electrons. The van der Waals surface area contributed by atoms with Gasteiger partial charge in [0.2, 0.25) is 0 Å². The van der Waals surface area contributed by atoms with Crippen LogP contribution in [-0.4, -0.2) is 19.2 Å². The molecule has 2 amide bonds. The minimum Gasteiger partial charge on any atom is -0.329 e. The quantitative estimate of drug-likeness (QED) is 0.427. The molecule has 6 nitrogen and oxygen atoms in total. The van der Waals surface area contributed by atoms with Crippen LogP contribution in [0.5, 0.6) is 0 Å². The predicted molar refractivity (Wildman–Crippen MR) is 126 cm³/mol. The van der Waals surface area contributed by atoms with E-state index in [4.69, 9.17) is 9.05 Å². The highest BCUT2D eigenvalue weighted by molar-refractivity contribution is 7.54. The average molecular weight is 445 g/mol. The number of amides is 2. The van der Waals surface area contributed by atoms with E-state index >= 15 is 0 Å². The molecule has 0 aromatic heterocycles. The lowest BCUT2D eigenvalue weighted by atomic mass is 9.92. The summed E-state index contributed by atoms with van der Waals surface area (Å²) in [5.74, 6) is -0.939. The van der Waals surface area contributed by atoms with Gasteiger partial charge in [0.15, 0.2) is 5.78 Å². The van der Waals surface area contributed by atoms with Crippen molar-refractivity contribution in [3.63, 3.8) is 0 Å². The Kier molecular flexibility index (Phi) is 8.63. The van der Waals surface area contributed by atoms with E-state index in [9.17, 15) is 9.36 Å². The third kappa shape index (κ3) is 6.54. The molecule has 2 aromatic rings. The SMILES string of the molecule is C=C(C)c1cccc(C(C)(C)NC(=O)NC(c2ccccc2)P(=O)(OCC)OCC)c1. The van der Waals surface area contributed by atoms with E-state index in [1.807, 2.05) is 63.2 Å². The highest BCUT2D eigenvalue weighted by Crippen LogP contribution is 2.59. The summed E-state index contributed by atoms with van der Waals surface area (Å²) in [6.45, 7) is 13.6. The monoisotopic (exact) mass is 444 g/mol. The molecule has 2 N–H and O–H groups in total. The molecule has 31 heavy (non-hydrogen) atoms. The number of urea groups is 1. The second kappa shape index (κ2) is 10.8. The minimum absolute atomic E-state index is 0.198. The summed E-state index contributed by atoms with van der Waals surface area (Å²) in [6.07, 6.45) is 0. The highest BCUT2D eigenvalue weighted by Gasteiger charge is 2.39. The fraction of sp³-hybridized carbons (Fsp3) is 0.375. The zero-order chi connectivity index (χ0) is 23.1. The van der Waals surface area contributed by atoms with Crippen LogP contribution >= 0.6 is 7.60 Å². The molecule has 2 aromatic carbocycles. The standard InChI is InChI=1S/C24H33N2O4P/c1-7-29-31(28,30-8-2)22(19-13-10-9-11-14-19)25-23(27)26-24(5,6)21-16-12-15-20(17-21)18(3)4/h9-17,22H,3,7-8H2,1-2,4-6H3,(H2,25,26,27). The first-order chi connectivity index (χ1) is 14.6. The van der Waals surface area contributed by atoms with Gasteiger partial charge in [-0.3, -0.25) is 4.57 Å². The Morgan fingerprint density at radius 1 is 1.06 bits per heavy atom. The summed E-state index contributed by atoms with van der Waals surface area (Å²) in [4.78, 5) is 13.0. The molecule has 0 fully saturated rings. The third-order valence-electron chi connectivity index (χ3n) is 4.82. The van der Waals surface area contributed by atoms with Gasteiger partial charge in [0.05, 0.1) is 18.8 Å². The van der Waals surface area contributed by atoms with Crippen molar-refractivity contribution in [2.75, 3.05) is 13.2 Å². The Morgan fingerprint density at radius 2 is 1.68 bits per heavy atom. The smallest absolute Gasteiger partial charge is 0.329 e. The molecular formula is C24H33N2O4P. The number of carbonyl (C=O) groups is 1. The molecule has 0 spiro atoms. The molecule has 0 bridgehead atoms. The molecule has 2 rings (SSSR count). The Morgan fingerprint density at radius 3 is 2.23 bits per heavy atom. The van der Waals surface area contributed by atoms with Gasteiger partial charge < -0.3 is 19.7 Å². The lowest BCUT2D eigenvalue weighted by Gasteiger charge is -2.31. The van der Waals surface area contributed by atoms with E-state index in [2.05, 4.69) is 17.2 Å². The first-order valence-corrected chi connectivity index (χ1v) is 12.0. The molecule has 7 heteroatoms. The van der Waals surface area contributed by atoms with Gasteiger partial charge in [-0.2, -0.15) is 0 Å². The summed E-state index contributed by atoms with van der Waals surface area (Å²) < 4.78 is 24.6. The molecule has 0 aliphatic heterocycles. The van der Waals surface area contributed by atoms with Gasteiger partial charge in [-0.05, 0) is 57.4 Å². The number of allylic oxidation sites excluding steroid dienone is 1. The summed E-state index contributed by atoms with van der Waals surface area (Å²) >= 11 is 0. The first-order valence-electron chi connectivity index (χ1n) is 10.4. The van der Waals surface area contributed by atoms with Crippen LogP contribution < -0.4 is 10.6 Å². The van der Waals surface area contributed by atoms with E-state index in [0.717, 1.165) is 16.7 Å². The molecule has 0 radical (unpaired) electrons. The lowest BCUT2D eigenvalue weighted by Crippen LogP contribution is -2.47. The van der Waals surface area contributed by atoms with Crippen molar-refractivity contribution in [1.82, 2.24) is 10.6 Å². The van der Waals surface area contributed by atoms with Gasteiger partial charge in [0.25, 0.3) is 0 Å². The summed E-state index contributed by atoms with van der Waals surface area (Å²) in [7, 11) is -3.65. The molecule has 0 saturated heterocycles. The number of hydrogen-bond acceptors (Lipinski definition) is 4. The van der Waals surface area contributed by atoms with Crippen LogP contribution in [0.4, 0.5) is 4.79 Å². The zero-order valence-corrected chi connectivity index (χ0v) is 19.9. The van der Waals surface area contributed by atoms with Gasteiger partial charge >= 0.3 is 13.6 Å². The first kappa shape index (κ1) is 24.9. The van der Waals surface area contributed by atoms with Crippen LogP contribution in [0.25, 0.3) is 5.57 Å². The number of benzene rings is 2. The normalized spacial score (nSPS) is 12.8. The second-order valence-electron chi connectivity index (χ2n) is 7.77. The Labute approximate surface area is 185 Å². The van der Waals surface area contributed by atoms with Crippen molar-refractivity contribution >= 4 is 19.2 Å². The zero-order valence-electron chi connectivity index (χ0n) is 19.0. The fourth-order valence-electron chi connectivity index (χ4n) is 3.22. The predicted octanol–water partition coefficient (Wildman–Crippen LogP) is 6.22. The van der Waals surface area contributed by atoms with Gasteiger partial charge in [-0.15, -0.1) is 0 Å². The Balaban J connectivity index is 2.30. The molecule has 0 heterocycles. The molecular weight excluding hydrogens is 411 g/mol. The maximum absolute atomic E-state index is 13.5. The molecule has 1 atom stereocenters. The van der Waals surface area contributed by atoms with Crippen molar-refractivity contribution in [2.24, 2.45) is 0 Å². The van der Waals surface area contributed by atoms with Crippen LogP contribution in [0.3, 0.4) is 0 Å². The van der Waals surface area contributed by atoms with Gasteiger partial charge in [-0.25, -0.2) is 4.79 Å². The maximum atomic E-state index is 13.5. The summed E-state index contributed by atoms with van der Waals surface area (Å²) in [6, 6.07) is 16.5. The Bertz CT molecular complexity index is 934. The highest BCUT2D eigenvalue weighted by atomic mass is 31.2. The van der Waals surface area contributed by atoms with E-state index < -0.39 is 24.9 Å². The van der Waals surface area contributed by atoms with E-state index in [1.54, 1.807) is 26.0 Å². The fourth-order valence-corrected chi connectivity index (χ4v) is 5.12. The van der Waals surface area contributed by atoms with Crippen molar-refractivity contribution < 1.29 is 18.4 Å². The number of hydrogen-bond donors (Lipinski definition) is 2. The molecule has 0 aliphatic rings. The van der Waals surface area contributed by atoms with Gasteiger partial charge in [-0.1, -0.05) is 60.7 Å². The number of carbonyl (C=O) groups excluding carboxylic acids is 1. The van der Waals surface area contributed by atoms with Crippen molar-refractivity contribution in [2.45, 2.75) is 45.9 Å². The van der Waals surface area contributed by atoms with Crippen LogP contribution in [0.2, 0.25) is 0 Å². The van der Waals surface area contributed by atoms with Crippen LogP contribution in [0.15, 0.2) is 61.2 Å². The average Bonchev–Trinajstić information content (AvgIpc) is 2.72. The third-order valence-corrected chi connectivity index (χ3v) is 7.12. The van der Waals surface area contributed by atoms with Crippen molar-refractivity contribution in [3.8, 4) is 0 Å². The van der Waals surface area contributed by atoms with Gasteiger partial charge in [0, 0.05) is 0 Å². The van der Waals surface area contributed by atoms with Crippen LogP contribution in [-0.2, 0) is 19.2 Å². The lowest BCUT2D eigenvalue weighted by molar-refractivity contribution is 0.201. The second-order valence-corrected chi connectivity index (χ2v) is 9.89. The molecule has 0 aliphatic carbocycles. The van der Waals surface area contributed by atoms with E-state index in [0.29, 0.717) is 5.56 Å². The topological polar surface area (TPSA) is 76.7 Å². The van der Waals surface area contributed by atoms with E-state index in [-0.39, 0.29) is 13.2 Å². The number of nitrogens with one attached hydrogen (secondary N) is 2. The van der Waals surface area contributed by atoms with Crippen LogP contribution in [0.1, 0.15) is 57.1 Å². The van der Waals surface area contributed by atoms with E-state index in [1.165, 1.54) is 0 Å². The summed E-state index contributed by atoms with van der Waals surface area (Å²) in [5, 5.41) is 5.81. The molecule has 0 saturated carbocycles. The largest absolute Gasteiger partial charge is 0.357 e. The van der Waals surface area contributed by atoms with Crippen LogP contribution in [0, 0.1) is 0 Å². The maximum Gasteiger partial charge on any atom is 0.357 e. The minimum atomic E-state index is -3.65. The Hall–Kier alpha value is -2.40. The summed E-state index contributed by atoms with van der Waals surface area (Å²) in [5.41, 5.74) is 2.84. The number of rotatable bonds is 10.